The van der Waals surface area contributed by atoms with Crippen LogP contribution in [0.4, 0.5) is 10.9 Å². The molecule has 0 bridgehead atoms. The zero-order valence-corrected chi connectivity index (χ0v) is 11.9. The summed E-state index contributed by atoms with van der Waals surface area (Å²) in [5.41, 5.74) is 5.81. The Morgan fingerprint density at radius 3 is 2.89 bits per heavy atom. The van der Waals surface area contributed by atoms with Gasteiger partial charge in [-0.1, -0.05) is 24.7 Å². The Morgan fingerprint density at radius 1 is 1.61 bits per heavy atom. The number of thiazole rings is 1. The summed E-state index contributed by atoms with van der Waals surface area (Å²) < 4.78 is 0. The molecule has 2 atom stereocenters. The van der Waals surface area contributed by atoms with E-state index in [9.17, 15) is 4.79 Å². The zero-order valence-electron chi connectivity index (χ0n) is 11.1. The fraction of sp³-hybridized carbons (Fsp3) is 0.667. The summed E-state index contributed by atoms with van der Waals surface area (Å²) in [6.07, 6.45) is 2.20. The molecule has 1 aliphatic rings. The lowest BCUT2D eigenvalue weighted by molar-refractivity contribution is 0.0953. The highest BCUT2D eigenvalue weighted by Crippen LogP contribution is 2.34. The smallest absolute Gasteiger partial charge is 0.265 e. The van der Waals surface area contributed by atoms with Crippen molar-refractivity contribution in [2.24, 2.45) is 5.92 Å². The molecule has 0 saturated heterocycles. The number of aromatic nitrogens is 1. The minimum Gasteiger partial charge on any atom is -0.382 e. The van der Waals surface area contributed by atoms with Crippen molar-refractivity contribution in [2.45, 2.75) is 32.7 Å². The zero-order chi connectivity index (χ0) is 13.3. The average Bonchev–Trinajstić information content (AvgIpc) is 2.99. The summed E-state index contributed by atoms with van der Waals surface area (Å²) in [5, 5.41) is 3.81. The molecule has 0 radical (unpaired) electrons. The maximum atomic E-state index is 12.1. The van der Waals surface area contributed by atoms with E-state index in [2.05, 4.69) is 17.2 Å². The first kappa shape index (κ1) is 13.1. The normalized spacial score (nSPS) is 21.7. The molecule has 1 saturated carbocycles. The molecule has 1 amide bonds. The third kappa shape index (κ3) is 2.58. The Bertz CT molecular complexity index is 445. The molecule has 0 aliphatic heterocycles. The minimum atomic E-state index is -0.0818. The van der Waals surface area contributed by atoms with Gasteiger partial charge in [0.25, 0.3) is 5.91 Å². The lowest BCUT2D eigenvalue weighted by atomic mass is 10.3. The van der Waals surface area contributed by atoms with Crippen molar-refractivity contribution in [3.8, 4) is 0 Å². The van der Waals surface area contributed by atoms with Crippen molar-refractivity contribution in [1.82, 2.24) is 10.3 Å². The van der Waals surface area contributed by atoms with Crippen LogP contribution >= 0.6 is 11.3 Å². The molecule has 1 aromatic heterocycles. The number of carbonyl (C=O) groups is 1. The van der Waals surface area contributed by atoms with E-state index in [4.69, 9.17) is 5.73 Å². The van der Waals surface area contributed by atoms with Crippen molar-refractivity contribution < 1.29 is 4.79 Å². The third-order valence-corrected chi connectivity index (χ3v) is 4.60. The third-order valence-electron chi connectivity index (χ3n) is 3.41. The number of carbonyl (C=O) groups excluding carboxylic acids is 1. The topological polar surface area (TPSA) is 71.2 Å². The molecule has 0 aromatic carbocycles. The summed E-state index contributed by atoms with van der Waals surface area (Å²) in [6, 6.07) is 0.330. The largest absolute Gasteiger partial charge is 0.382 e. The predicted octanol–water partition coefficient (Wildman–Crippen LogP) is 1.71. The van der Waals surface area contributed by atoms with Gasteiger partial charge in [-0.15, -0.1) is 0 Å². The quantitative estimate of drug-likeness (QED) is 0.853. The van der Waals surface area contributed by atoms with Gasteiger partial charge in [-0.05, 0) is 19.3 Å². The average molecular weight is 268 g/mol. The number of amides is 1. The van der Waals surface area contributed by atoms with Crippen LogP contribution in [-0.4, -0.2) is 30.5 Å². The van der Waals surface area contributed by atoms with Gasteiger partial charge in [0.15, 0.2) is 5.13 Å². The van der Waals surface area contributed by atoms with Crippen LogP contribution in [0.2, 0.25) is 0 Å². The summed E-state index contributed by atoms with van der Waals surface area (Å²) in [6.45, 7) is 5.02. The molecule has 100 valence electrons. The van der Waals surface area contributed by atoms with E-state index in [1.54, 1.807) is 0 Å². The van der Waals surface area contributed by atoms with Gasteiger partial charge >= 0.3 is 0 Å². The van der Waals surface area contributed by atoms with E-state index >= 15 is 0 Å². The SMILES string of the molecule is CCC1CC1NC(=O)c1sc(N(C)CC)nc1N. The number of anilines is 2. The molecular formula is C12H20N4OS. The van der Waals surface area contributed by atoms with Crippen LogP contribution in [-0.2, 0) is 0 Å². The van der Waals surface area contributed by atoms with E-state index in [0.717, 1.165) is 24.5 Å². The summed E-state index contributed by atoms with van der Waals surface area (Å²) >= 11 is 1.36. The number of hydrogen-bond donors (Lipinski definition) is 2. The van der Waals surface area contributed by atoms with Crippen LogP contribution in [0.3, 0.4) is 0 Å². The first-order chi connectivity index (χ1) is 8.56. The summed E-state index contributed by atoms with van der Waals surface area (Å²) in [5.74, 6) is 0.893. The molecule has 2 unspecified atom stereocenters. The summed E-state index contributed by atoms with van der Waals surface area (Å²) in [7, 11) is 1.94. The maximum absolute atomic E-state index is 12.1. The van der Waals surface area contributed by atoms with Crippen LogP contribution in [0, 0.1) is 5.92 Å². The fourth-order valence-electron chi connectivity index (χ4n) is 1.89. The highest BCUT2D eigenvalue weighted by molar-refractivity contribution is 7.18. The number of hydrogen-bond acceptors (Lipinski definition) is 5. The van der Waals surface area contributed by atoms with Gasteiger partial charge in [0.1, 0.15) is 10.7 Å². The van der Waals surface area contributed by atoms with Crippen molar-refractivity contribution in [1.29, 1.82) is 0 Å². The van der Waals surface area contributed by atoms with E-state index in [-0.39, 0.29) is 5.91 Å². The van der Waals surface area contributed by atoms with Gasteiger partial charge in [-0.25, -0.2) is 4.98 Å². The Hall–Kier alpha value is -1.30. The van der Waals surface area contributed by atoms with Crippen LogP contribution < -0.4 is 16.0 Å². The van der Waals surface area contributed by atoms with Gasteiger partial charge < -0.3 is 16.0 Å². The number of nitrogens with zero attached hydrogens (tertiary/aromatic N) is 2. The molecule has 1 heterocycles. The Morgan fingerprint density at radius 2 is 2.33 bits per heavy atom. The van der Waals surface area contributed by atoms with Gasteiger partial charge in [0.05, 0.1) is 0 Å². The minimum absolute atomic E-state index is 0.0818. The van der Waals surface area contributed by atoms with E-state index < -0.39 is 0 Å². The van der Waals surface area contributed by atoms with Crippen LogP contribution in [0.1, 0.15) is 36.4 Å². The van der Waals surface area contributed by atoms with Crippen LogP contribution in [0.25, 0.3) is 0 Å². The number of rotatable bonds is 5. The molecule has 2 rings (SSSR count). The Balaban J connectivity index is 2.04. The second-order valence-electron chi connectivity index (χ2n) is 4.71. The fourth-order valence-corrected chi connectivity index (χ4v) is 2.80. The van der Waals surface area contributed by atoms with E-state index in [0.29, 0.717) is 22.7 Å². The van der Waals surface area contributed by atoms with Gasteiger partial charge in [0.2, 0.25) is 0 Å². The Kier molecular flexibility index (Phi) is 3.75. The molecule has 3 N–H and O–H groups in total. The van der Waals surface area contributed by atoms with Crippen molar-refractivity contribution in [3.05, 3.63) is 4.88 Å². The first-order valence-corrected chi connectivity index (χ1v) is 7.16. The van der Waals surface area contributed by atoms with Gasteiger partial charge in [0, 0.05) is 19.6 Å². The molecule has 0 spiro atoms. The monoisotopic (exact) mass is 268 g/mol. The lowest BCUT2D eigenvalue weighted by Crippen LogP contribution is -2.26. The molecule has 1 aromatic rings. The number of nitrogens with two attached hydrogens (primary N) is 1. The molecule has 5 nitrogen and oxygen atoms in total. The second-order valence-corrected chi connectivity index (χ2v) is 5.69. The Labute approximate surface area is 111 Å². The van der Waals surface area contributed by atoms with Crippen molar-refractivity contribution >= 4 is 28.2 Å². The molecular weight excluding hydrogens is 248 g/mol. The van der Waals surface area contributed by atoms with E-state index in [1.807, 2.05) is 18.9 Å². The molecule has 1 fully saturated rings. The van der Waals surface area contributed by atoms with Crippen molar-refractivity contribution in [3.63, 3.8) is 0 Å². The lowest BCUT2D eigenvalue weighted by Gasteiger charge is -2.10. The van der Waals surface area contributed by atoms with Crippen LogP contribution in [0.5, 0.6) is 0 Å². The highest BCUT2D eigenvalue weighted by atomic mass is 32.1. The molecule has 18 heavy (non-hydrogen) atoms. The highest BCUT2D eigenvalue weighted by Gasteiger charge is 2.37. The predicted molar refractivity (Wildman–Crippen MR) is 75.1 cm³/mol. The van der Waals surface area contributed by atoms with Gasteiger partial charge in [-0.2, -0.15) is 0 Å². The number of nitrogen functional groups attached to an aromatic ring is 1. The van der Waals surface area contributed by atoms with Crippen molar-refractivity contribution in [2.75, 3.05) is 24.2 Å². The van der Waals surface area contributed by atoms with E-state index in [1.165, 1.54) is 11.3 Å². The van der Waals surface area contributed by atoms with Crippen LogP contribution in [0.15, 0.2) is 0 Å². The van der Waals surface area contributed by atoms with Gasteiger partial charge in [-0.3, -0.25) is 4.79 Å². The standard InChI is InChI=1S/C12H20N4OS/c1-4-7-6-8(7)14-11(17)9-10(13)15-12(18-9)16(3)5-2/h7-8H,4-6,13H2,1-3H3,(H,14,17). The number of nitrogens with one attached hydrogen (secondary N) is 1. The molecule has 6 heteroatoms. The second kappa shape index (κ2) is 5.14. The maximum Gasteiger partial charge on any atom is 0.265 e. The first-order valence-electron chi connectivity index (χ1n) is 6.35. The molecule has 1 aliphatic carbocycles. The summed E-state index contributed by atoms with van der Waals surface area (Å²) in [4.78, 5) is 18.8.